The Kier molecular flexibility index (Phi) is 5.22. The fourth-order valence-corrected chi connectivity index (χ4v) is 6.15. The Labute approximate surface area is 211 Å². The molecule has 37 heavy (non-hydrogen) atoms. The van der Waals surface area contributed by atoms with Gasteiger partial charge in [0.2, 0.25) is 17.7 Å². The number of nitrogens with zero attached hydrogens (tertiary/aromatic N) is 3. The van der Waals surface area contributed by atoms with E-state index in [4.69, 9.17) is 4.74 Å². The molecular weight excluding hydrogens is 478 g/mol. The van der Waals surface area contributed by atoms with E-state index in [2.05, 4.69) is 0 Å². The topological polar surface area (TPSA) is 127 Å². The summed E-state index contributed by atoms with van der Waals surface area (Å²) < 4.78 is 5.55. The minimum absolute atomic E-state index is 0.0389. The van der Waals surface area contributed by atoms with Crippen LogP contribution in [0.2, 0.25) is 0 Å². The number of amides is 3. The van der Waals surface area contributed by atoms with E-state index in [9.17, 15) is 29.3 Å². The van der Waals surface area contributed by atoms with Crippen LogP contribution in [0.3, 0.4) is 0 Å². The molecule has 2 aliphatic heterocycles. The quantitative estimate of drug-likeness (QED) is 0.154. The number of hydrogen-bond donors (Lipinski definition) is 0. The first-order chi connectivity index (χ1) is 17.7. The van der Waals surface area contributed by atoms with Gasteiger partial charge in [-0.3, -0.25) is 29.3 Å². The van der Waals surface area contributed by atoms with Crippen molar-refractivity contribution in [3.63, 3.8) is 0 Å². The van der Waals surface area contributed by atoms with Crippen molar-refractivity contribution in [1.29, 1.82) is 0 Å². The van der Waals surface area contributed by atoms with Crippen LogP contribution in [0.5, 0.6) is 5.75 Å². The molecule has 2 bridgehead atoms. The van der Waals surface area contributed by atoms with E-state index in [1.807, 2.05) is 12.2 Å². The Morgan fingerprint density at radius 1 is 1.00 bits per heavy atom. The van der Waals surface area contributed by atoms with Gasteiger partial charge >= 0.3 is 5.97 Å². The van der Waals surface area contributed by atoms with Crippen LogP contribution in [-0.2, 0) is 19.2 Å². The summed E-state index contributed by atoms with van der Waals surface area (Å²) in [6, 6.07) is 10.3. The van der Waals surface area contributed by atoms with Crippen LogP contribution < -0.4 is 14.5 Å². The van der Waals surface area contributed by atoms with E-state index in [-0.39, 0.29) is 65.8 Å². The number of benzene rings is 2. The number of ether oxygens (including phenoxy) is 1. The lowest BCUT2D eigenvalue weighted by Crippen LogP contribution is -2.33. The fraction of sp³-hybridized carbons (Fsp3) is 0.333. The lowest BCUT2D eigenvalue weighted by atomic mass is 9.85. The third-order valence-electron chi connectivity index (χ3n) is 7.93. The first kappa shape index (κ1) is 23.1. The molecule has 0 radical (unpaired) electrons. The standard InChI is InChI=1S/C27H23N3O7/c1-14-10-20(8-9-21(14)29-25(32)23-15-2-3-16(11-15)24(23)26(29)33)37-27(34)17-12-22(31)28(13-17)18-4-6-19(7-5-18)30(35)36/h2-10,15-17,23-24H,11-13H2,1H3/t15-,16-,17+,23-,24+/m0/s1. The summed E-state index contributed by atoms with van der Waals surface area (Å²) in [5, 5.41) is 10.9. The molecule has 3 fully saturated rings. The highest BCUT2D eigenvalue weighted by atomic mass is 16.6. The summed E-state index contributed by atoms with van der Waals surface area (Å²) in [6.45, 7) is 1.85. The zero-order valence-corrected chi connectivity index (χ0v) is 19.9. The Morgan fingerprint density at radius 2 is 1.65 bits per heavy atom. The van der Waals surface area contributed by atoms with Crippen molar-refractivity contribution < 1.29 is 28.8 Å². The van der Waals surface area contributed by atoms with E-state index < -0.39 is 16.8 Å². The van der Waals surface area contributed by atoms with Gasteiger partial charge in [-0.25, -0.2) is 4.90 Å². The van der Waals surface area contributed by atoms with Crippen LogP contribution in [-0.4, -0.2) is 35.2 Å². The van der Waals surface area contributed by atoms with Gasteiger partial charge in [0.05, 0.1) is 28.4 Å². The van der Waals surface area contributed by atoms with Crippen molar-refractivity contribution in [3.05, 3.63) is 70.3 Å². The second-order valence-corrected chi connectivity index (χ2v) is 10.1. The molecule has 2 aromatic carbocycles. The van der Waals surface area contributed by atoms with Crippen molar-refractivity contribution in [2.75, 3.05) is 16.3 Å². The van der Waals surface area contributed by atoms with Gasteiger partial charge in [-0.05, 0) is 61.1 Å². The maximum atomic E-state index is 13.1. The molecule has 3 amide bonds. The minimum atomic E-state index is -0.702. The fourth-order valence-electron chi connectivity index (χ4n) is 6.15. The highest BCUT2D eigenvalue weighted by molar-refractivity contribution is 6.23. The molecule has 1 saturated carbocycles. The molecule has 10 nitrogen and oxygen atoms in total. The number of nitro groups is 1. The summed E-state index contributed by atoms with van der Waals surface area (Å²) in [5.41, 5.74) is 1.50. The van der Waals surface area contributed by atoms with Gasteiger partial charge in [-0.15, -0.1) is 0 Å². The molecule has 2 heterocycles. The number of esters is 1. The number of nitro benzene ring substituents is 1. The molecule has 0 spiro atoms. The number of allylic oxidation sites excluding steroid dienone is 2. The Bertz CT molecular complexity index is 1370. The molecule has 4 aliphatic rings. The Balaban J connectivity index is 1.14. The van der Waals surface area contributed by atoms with Gasteiger partial charge in [0.1, 0.15) is 5.75 Å². The highest BCUT2D eigenvalue weighted by Gasteiger charge is 2.59. The minimum Gasteiger partial charge on any atom is -0.426 e. The molecule has 188 valence electrons. The number of rotatable bonds is 5. The van der Waals surface area contributed by atoms with E-state index in [1.165, 1.54) is 34.1 Å². The van der Waals surface area contributed by atoms with Crippen LogP contribution in [0.1, 0.15) is 18.4 Å². The molecule has 0 unspecified atom stereocenters. The first-order valence-electron chi connectivity index (χ1n) is 12.2. The molecule has 0 N–H and O–H groups in total. The normalized spacial score (nSPS) is 27.8. The van der Waals surface area contributed by atoms with Crippen LogP contribution in [0.4, 0.5) is 17.1 Å². The average Bonchev–Trinajstić information content (AvgIpc) is 3.63. The highest BCUT2D eigenvalue weighted by Crippen LogP contribution is 2.53. The number of non-ortho nitro benzene ring substituents is 1. The van der Waals surface area contributed by atoms with Crippen molar-refractivity contribution in [1.82, 2.24) is 0 Å². The summed E-state index contributed by atoms with van der Waals surface area (Å²) >= 11 is 0. The summed E-state index contributed by atoms with van der Waals surface area (Å²) in [6.07, 6.45) is 4.92. The number of imide groups is 1. The molecule has 0 aromatic heterocycles. The molecule has 10 heteroatoms. The Morgan fingerprint density at radius 3 is 2.24 bits per heavy atom. The van der Waals surface area contributed by atoms with Gasteiger partial charge in [-0.2, -0.15) is 0 Å². The number of fused-ring (bicyclic) bond motifs is 5. The van der Waals surface area contributed by atoms with Crippen molar-refractivity contribution in [2.45, 2.75) is 19.8 Å². The van der Waals surface area contributed by atoms with Crippen molar-refractivity contribution in [3.8, 4) is 5.75 Å². The van der Waals surface area contributed by atoms with Gasteiger partial charge in [0.15, 0.2) is 0 Å². The van der Waals surface area contributed by atoms with Crippen LogP contribution in [0.25, 0.3) is 0 Å². The zero-order chi connectivity index (χ0) is 26.0. The predicted octanol–water partition coefficient (Wildman–Crippen LogP) is 3.17. The maximum absolute atomic E-state index is 13.1. The third-order valence-corrected chi connectivity index (χ3v) is 7.93. The number of hydrogen-bond acceptors (Lipinski definition) is 7. The Hall–Kier alpha value is -4.34. The zero-order valence-electron chi connectivity index (χ0n) is 19.9. The van der Waals surface area contributed by atoms with Crippen molar-refractivity contribution >= 4 is 40.8 Å². The maximum Gasteiger partial charge on any atom is 0.316 e. The molecule has 2 saturated heterocycles. The average molecular weight is 501 g/mol. The summed E-state index contributed by atoms with van der Waals surface area (Å²) in [7, 11) is 0. The van der Waals surface area contributed by atoms with Gasteiger partial charge in [0.25, 0.3) is 5.69 Å². The van der Waals surface area contributed by atoms with Crippen molar-refractivity contribution in [2.24, 2.45) is 29.6 Å². The van der Waals surface area contributed by atoms with E-state index >= 15 is 0 Å². The molecule has 5 atom stereocenters. The second-order valence-electron chi connectivity index (χ2n) is 10.1. The third kappa shape index (κ3) is 3.62. The summed E-state index contributed by atoms with van der Waals surface area (Å²) in [5.74, 6) is -1.98. The van der Waals surface area contributed by atoms with Gasteiger partial charge < -0.3 is 9.64 Å². The van der Waals surface area contributed by atoms with Crippen LogP contribution in [0, 0.1) is 46.6 Å². The number of carbonyl (C=O) groups is 4. The molecule has 6 rings (SSSR count). The monoisotopic (exact) mass is 501 g/mol. The molecular formula is C27H23N3O7. The molecule has 2 aromatic rings. The van der Waals surface area contributed by atoms with Gasteiger partial charge in [0, 0.05) is 30.8 Å². The first-order valence-corrected chi connectivity index (χ1v) is 12.2. The van der Waals surface area contributed by atoms with Crippen LogP contribution >= 0.6 is 0 Å². The number of aryl methyl sites for hydroxylation is 1. The van der Waals surface area contributed by atoms with Gasteiger partial charge in [-0.1, -0.05) is 12.2 Å². The van der Waals surface area contributed by atoms with E-state index in [0.717, 1.165) is 6.42 Å². The summed E-state index contributed by atoms with van der Waals surface area (Å²) in [4.78, 5) is 64.6. The predicted molar refractivity (Wildman–Crippen MR) is 131 cm³/mol. The largest absolute Gasteiger partial charge is 0.426 e. The number of carbonyl (C=O) groups excluding carboxylic acids is 4. The van der Waals surface area contributed by atoms with E-state index in [1.54, 1.807) is 25.1 Å². The lowest BCUT2D eigenvalue weighted by Gasteiger charge is -2.20. The number of anilines is 2. The molecule has 2 aliphatic carbocycles. The van der Waals surface area contributed by atoms with E-state index in [0.29, 0.717) is 16.9 Å². The lowest BCUT2D eigenvalue weighted by molar-refractivity contribution is -0.384. The smallest absolute Gasteiger partial charge is 0.316 e. The SMILES string of the molecule is Cc1cc(OC(=O)[C@@H]2CC(=O)N(c3ccc([N+](=O)[O-])cc3)C2)ccc1N1C(=O)[C@@H]2[C@H](C1=O)[C@H]1C=C[C@H]2C1. The van der Waals surface area contributed by atoms with Crippen LogP contribution in [0.15, 0.2) is 54.6 Å². The second kappa shape index (κ2) is 8.36.